The smallest absolute Gasteiger partial charge is 0.253 e. The van der Waals surface area contributed by atoms with Crippen LogP contribution < -0.4 is 4.90 Å². The third-order valence-corrected chi connectivity index (χ3v) is 5.33. The van der Waals surface area contributed by atoms with Gasteiger partial charge in [0.1, 0.15) is 0 Å². The summed E-state index contributed by atoms with van der Waals surface area (Å²) in [4.78, 5) is 16.8. The van der Waals surface area contributed by atoms with E-state index in [4.69, 9.17) is 16.9 Å². The number of fused-ring (bicyclic) bond motifs is 1. The predicted octanol–water partition coefficient (Wildman–Crippen LogP) is 3.51. The molecule has 1 aliphatic rings. The number of hydrogen-bond acceptors (Lipinski definition) is 5. The van der Waals surface area contributed by atoms with E-state index in [2.05, 4.69) is 28.1 Å². The van der Waals surface area contributed by atoms with Crippen LogP contribution in [-0.2, 0) is 0 Å². The standard InChI is InChI=1S/C21H18ClN5O/c1-14-13-26(21(28)16-5-3-2-4-6-16)9-10-27(14)20-17-8-7-15(12-23)11-18(17)19(22)24-25-20/h2-8,11,14H,9-10,13H2,1H3/t14-/m1/s1. The zero-order chi connectivity index (χ0) is 19.7. The average Bonchev–Trinajstić information content (AvgIpc) is 2.74. The van der Waals surface area contributed by atoms with Crippen molar-refractivity contribution in [3.63, 3.8) is 0 Å². The average molecular weight is 392 g/mol. The summed E-state index contributed by atoms with van der Waals surface area (Å²) in [5.74, 6) is 0.765. The van der Waals surface area contributed by atoms with Gasteiger partial charge in [0.05, 0.1) is 11.6 Å². The van der Waals surface area contributed by atoms with E-state index in [0.29, 0.717) is 36.1 Å². The Labute approximate surface area is 168 Å². The highest BCUT2D eigenvalue weighted by molar-refractivity contribution is 6.34. The van der Waals surface area contributed by atoms with Crippen molar-refractivity contribution >= 4 is 34.1 Å². The van der Waals surface area contributed by atoms with E-state index in [-0.39, 0.29) is 17.1 Å². The van der Waals surface area contributed by atoms with Gasteiger partial charge in [-0.05, 0) is 37.3 Å². The summed E-state index contributed by atoms with van der Waals surface area (Å²) in [5, 5.41) is 19.4. The van der Waals surface area contributed by atoms with Crippen LogP contribution in [-0.4, -0.2) is 46.7 Å². The number of piperazine rings is 1. The van der Waals surface area contributed by atoms with Crippen molar-refractivity contribution in [2.24, 2.45) is 0 Å². The summed E-state index contributed by atoms with van der Waals surface area (Å²) in [6, 6.07) is 16.9. The molecule has 1 aliphatic heterocycles. The minimum Gasteiger partial charge on any atom is -0.348 e. The maximum atomic E-state index is 12.7. The second-order valence-electron chi connectivity index (χ2n) is 6.85. The zero-order valence-corrected chi connectivity index (χ0v) is 16.1. The first-order chi connectivity index (χ1) is 13.6. The largest absolute Gasteiger partial charge is 0.348 e. The second kappa shape index (κ2) is 7.45. The van der Waals surface area contributed by atoms with Gasteiger partial charge in [0.25, 0.3) is 5.91 Å². The van der Waals surface area contributed by atoms with Crippen molar-refractivity contribution < 1.29 is 4.79 Å². The van der Waals surface area contributed by atoms with Crippen LogP contribution in [0.4, 0.5) is 5.82 Å². The van der Waals surface area contributed by atoms with Gasteiger partial charge in [0.2, 0.25) is 0 Å². The molecular formula is C21H18ClN5O. The normalized spacial score (nSPS) is 16.8. The molecule has 2 heterocycles. The van der Waals surface area contributed by atoms with E-state index in [1.54, 1.807) is 12.1 Å². The maximum Gasteiger partial charge on any atom is 0.253 e. The summed E-state index contributed by atoms with van der Waals surface area (Å²) < 4.78 is 0. The van der Waals surface area contributed by atoms with Crippen molar-refractivity contribution in [1.82, 2.24) is 15.1 Å². The lowest BCUT2D eigenvalue weighted by Crippen LogP contribution is -2.54. The fraction of sp³-hybridized carbons (Fsp3) is 0.238. The van der Waals surface area contributed by atoms with Crippen LogP contribution in [0.15, 0.2) is 48.5 Å². The molecular weight excluding hydrogens is 374 g/mol. The van der Waals surface area contributed by atoms with Crippen molar-refractivity contribution in [3.05, 3.63) is 64.8 Å². The van der Waals surface area contributed by atoms with Crippen LogP contribution in [0.1, 0.15) is 22.8 Å². The molecule has 0 unspecified atom stereocenters. The molecule has 0 bridgehead atoms. The van der Waals surface area contributed by atoms with Crippen molar-refractivity contribution in [1.29, 1.82) is 5.26 Å². The molecule has 2 aromatic carbocycles. The first-order valence-corrected chi connectivity index (χ1v) is 9.43. The second-order valence-corrected chi connectivity index (χ2v) is 7.20. The van der Waals surface area contributed by atoms with Gasteiger partial charge in [-0.15, -0.1) is 10.2 Å². The number of rotatable bonds is 2. The molecule has 1 saturated heterocycles. The topological polar surface area (TPSA) is 73.1 Å². The molecule has 1 aromatic heterocycles. The van der Waals surface area contributed by atoms with Gasteiger partial charge < -0.3 is 9.80 Å². The third-order valence-electron chi connectivity index (χ3n) is 5.05. The lowest BCUT2D eigenvalue weighted by atomic mass is 10.1. The van der Waals surface area contributed by atoms with Gasteiger partial charge >= 0.3 is 0 Å². The van der Waals surface area contributed by atoms with E-state index in [9.17, 15) is 4.79 Å². The Bertz CT molecular complexity index is 1080. The number of halogens is 1. The number of anilines is 1. The van der Waals surface area contributed by atoms with Gasteiger partial charge in [0, 0.05) is 42.0 Å². The number of benzene rings is 2. The third kappa shape index (κ3) is 3.25. The highest BCUT2D eigenvalue weighted by Crippen LogP contribution is 2.31. The summed E-state index contributed by atoms with van der Waals surface area (Å²) in [5.41, 5.74) is 1.23. The molecule has 140 valence electrons. The SMILES string of the molecule is C[C@@H]1CN(C(=O)c2ccccc2)CCN1c1nnc(Cl)c2cc(C#N)ccc12. The Morgan fingerprint density at radius 2 is 1.93 bits per heavy atom. The Morgan fingerprint density at radius 3 is 2.64 bits per heavy atom. The number of carbonyl (C=O) groups is 1. The molecule has 0 aliphatic carbocycles. The lowest BCUT2D eigenvalue weighted by molar-refractivity contribution is 0.0726. The fourth-order valence-corrected chi connectivity index (χ4v) is 3.80. The molecule has 1 fully saturated rings. The number of nitriles is 1. The number of amides is 1. The van der Waals surface area contributed by atoms with Gasteiger partial charge in [-0.25, -0.2) is 0 Å². The van der Waals surface area contributed by atoms with Crippen LogP contribution in [0, 0.1) is 11.3 Å². The predicted molar refractivity (Wildman–Crippen MR) is 108 cm³/mol. The monoisotopic (exact) mass is 391 g/mol. The Kier molecular flexibility index (Phi) is 4.84. The van der Waals surface area contributed by atoms with E-state index < -0.39 is 0 Å². The number of carbonyl (C=O) groups excluding carboxylic acids is 1. The van der Waals surface area contributed by atoms with E-state index in [1.165, 1.54) is 0 Å². The summed E-state index contributed by atoms with van der Waals surface area (Å²) in [6.45, 7) is 3.90. The van der Waals surface area contributed by atoms with Gasteiger partial charge in [0.15, 0.2) is 11.0 Å². The van der Waals surface area contributed by atoms with Crippen LogP contribution in [0.2, 0.25) is 5.15 Å². The summed E-state index contributed by atoms with van der Waals surface area (Å²) in [7, 11) is 0. The van der Waals surface area contributed by atoms with Crippen LogP contribution >= 0.6 is 11.6 Å². The molecule has 0 radical (unpaired) electrons. The van der Waals surface area contributed by atoms with Gasteiger partial charge in [-0.3, -0.25) is 4.79 Å². The highest BCUT2D eigenvalue weighted by Gasteiger charge is 2.29. The number of hydrogen-bond donors (Lipinski definition) is 0. The van der Waals surface area contributed by atoms with E-state index in [0.717, 1.165) is 11.2 Å². The number of nitrogens with zero attached hydrogens (tertiary/aromatic N) is 5. The molecule has 28 heavy (non-hydrogen) atoms. The van der Waals surface area contributed by atoms with Gasteiger partial charge in [-0.1, -0.05) is 29.8 Å². The zero-order valence-electron chi connectivity index (χ0n) is 15.3. The van der Waals surface area contributed by atoms with E-state index in [1.807, 2.05) is 41.3 Å². The van der Waals surface area contributed by atoms with Crippen LogP contribution in [0.3, 0.4) is 0 Å². The first-order valence-electron chi connectivity index (χ1n) is 9.05. The van der Waals surface area contributed by atoms with Crippen molar-refractivity contribution in [2.75, 3.05) is 24.5 Å². The molecule has 1 amide bonds. The molecule has 3 aromatic rings. The lowest BCUT2D eigenvalue weighted by Gasteiger charge is -2.40. The highest BCUT2D eigenvalue weighted by atomic mass is 35.5. The van der Waals surface area contributed by atoms with Gasteiger partial charge in [-0.2, -0.15) is 5.26 Å². The van der Waals surface area contributed by atoms with Crippen molar-refractivity contribution in [3.8, 4) is 6.07 Å². The first kappa shape index (κ1) is 18.2. The Morgan fingerprint density at radius 1 is 1.14 bits per heavy atom. The quantitative estimate of drug-likeness (QED) is 0.668. The molecule has 0 N–H and O–H groups in total. The van der Waals surface area contributed by atoms with Crippen LogP contribution in [0.25, 0.3) is 10.8 Å². The van der Waals surface area contributed by atoms with Crippen LogP contribution in [0.5, 0.6) is 0 Å². The van der Waals surface area contributed by atoms with Crippen molar-refractivity contribution in [2.45, 2.75) is 13.0 Å². The number of aromatic nitrogens is 2. The molecule has 1 atom stereocenters. The van der Waals surface area contributed by atoms with E-state index >= 15 is 0 Å². The maximum absolute atomic E-state index is 12.7. The molecule has 6 nitrogen and oxygen atoms in total. The molecule has 4 rings (SSSR count). The summed E-state index contributed by atoms with van der Waals surface area (Å²) in [6.07, 6.45) is 0. The minimum absolute atomic E-state index is 0.0396. The summed E-state index contributed by atoms with van der Waals surface area (Å²) >= 11 is 6.21. The molecule has 7 heteroatoms. The Hall–Kier alpha value is -3.17. The Balaban J connectivity index is 1.61. The molecule has 0 saturated carbocycles. The minimum atomic E-state index is 0.0396. The molecule has 0 spiro atoms. The fourth-order valence-electron chi connectivity index (χ4n) is 3.61.